The van der Waals surface area contributed by atoms with E-state index in [4.69, 9.17) is 0 Å². The van der Waals surface area contributed by atoms with Gasteiger partial charge in [-0.25, -0.2) is 8.42 Å². The van der Waals surface area contributed by atoms with E-state index in [1.54, 1.807) is 24.3 Å². The number of amides is 1. The van der Waals surface area contributed by atoms with Gasteiger partial charge in [0.1, 0.15) is 0 Å². The van der Waals surface area contributed by atoms with E-state index in [1.165, 1.54) is 17.8 Å². The Hall–Kier alpha value is -1.99. The van der Waals surface area contributed by atoms with Gasteiger partial charge in [0.25, 0.3) is 10.0 Å². The summed E-state index contributed by atoms with van der Waals surface area (Å²) in [6.45, 7) is 6.12. The SMILES string of the molecule is CC[C@@H]1Sc2ccc(S(=O)(=O)Nc3ccc(C(C)C)cc3)cc2NC1=O. The Morgan fingerprint density at radius 2 is 1.85 bits per heavy atom. The van der Waals surface area contributed by atoms with Crippen molar-refractivity contribution in [3.8, 4) is 0 Å². The van der Waals surface area contributed by atoms with Crippen molar-refractivity contribution in [3.05, 3.63) is 48.0 Å². The summed E-state index contributed by atoms with van der Waals surface area (Å²) in [4.78, 5) is 13.0. The van der Waals surface area contributed by atoms with Crippen LogP contribution < -0.4 is 10.0 Å². The molecule has 1 heterocycles. The molecule has 1 aliphatic rings. The quantitative estimate of drug-likeness (QED) is 0.792. The summed E-state index contributed by atoms with van der Waals surface area (Å²) >= 11 is 1.47. The number of nitrogens with one attached hydrogen (secondary N) is 2. The molecule has 1 amide bonds. The topological polar surface area (TPSA) is 75.3 Å². The summed E-state index contributed by atoms with van der Waals surface area (Å²) in [6.07, 6.45) is 0.726. The number of hydrogen-bond donors (Lipinski definition) is 2. The maximum absolute atomic E-state index is 12.7. The van der Waals surface area contributed by atoms with Gasteiger partial charge in [0, 0.05) is 10.6 Å². The number of fused-ring (bicyclic) bond motifs is 1. The van der Waals surface area contributed by atoms with Crippen LogP contribution in [0.25, 0.3) is 0 Å². The Morgan fingerprint density at radius 1 is 1.15 bits per heavy atom. The van der Waals surface area contributed by atoms with E-state index in [-0.39, 0.29) is 16.1 Å². The predicted molar refractivity (Wildman–Crippen MR) is 106 cm³/mol. The van der Waals surface area contributed by atoms with E-state index >= 15 is 0 Å². The maximum Gasteiger partial charge on any atom is 0.261 e. The first-order valence-electron chi connectivity index (χ1n) is 8.54. The summed E-state index contributed by atoms with van der Waals surface area (Å²) in [5.74, 6) is 0.297. The van der Waals surface area contributed by atoms with Crippen molar-refractivity contribution in [2.45, 2.75) is 48.2 Å². The fraction of sp³-hybridized carbons (Fsp3) is 0.316. The molecule has 7 heteroatoms. The van der Waals surface area contributed by atoms with Crippen LogP contribution >= 0.6 is 11.8 Å². The molecule has 0 aliphatic carbocycles. The molecule has 0 saturated carbocycles. The zero-order valence-corrected chi connectivity index (χ0v) is 16.6. The highest BCUT2D eigenvalue weighted by atomic mass is 32.2. The third-order valence-corrected chi connectivity index (χ3v) is 7.10. The average Bonchev–Trinajstić information content (AvgIpc) is 2.60. The molecule has 0 aromatic heterocycles. The molecular weight excluding hydrogens is 368 g/mol. The van der Waals surface area contributed by atoms with Gasteiger partial charge in [-0.05, 0) is 48.2 Å². The highest BCUT2D eigenvalue weighted by Crippen LogP contribution is 2.38. The number of anilines is 2. The van der Waals surface area contributed by atoms with E-state index in [0.717, 1.165) is 16.9 Å². The van der Waals surface area contributed by atoms with Crippen LogP contribution in [0.5, 0.6) is 0 Å². The summed E-state index contributed by atoms with van der Waals surface area (Å²) in [5, 5.41) is 2.67. The largest absolute Gasteiger partial charge is 0.324 e. The first-order valence-corrected chi connectivity index (χ1v) is 10.9. The van der Waals surface area contributed by atoms with Gasteiger partial charge in [0.05, 0.1) is 15.8 Å². The zero-order valence-electron chi connectivity index (χ0n) is 14.9. The van der Waals surface area contributed by atoms with E-state index in [0.29, 0.717) is 17.3 Å². The second-order valence-corrected chi connectivity index (χ2v) is 9.47. The number of benzene rings is 2. The van der Waals surface area contributed by atoms with Gasteiger partial charge < -0.3 is 5.32 Å². The van der Waals surface area contributed by atoms with Crippen LogP contribution in [0.4, 0.5) is 11.4 Å². The van der Waals surface area contributed by atoms with E-state index < -0.39 is 10.0 Å². The Labute approximate surface area is 158 Å². The highest BCUT2D eigenvalue weighted by Gasteiger charge is 2.27. The van der Waals surface area contributed by atoms with Crippen molar-refractivity contribution in [1.82, 2.24) is 0 Å². The third kappa shape index (κ3) is 3.88. The third-order valence-electron chi connectivity index (χ3n) is 4.28. The van der Waals surface area contributed by atoms with Gasteiger partial charge in [0.2, 0.25) is 5.91 Å². The van der Waals surface area contributed by atoms with Crippen LogP contribution in [0.15, 0.2) is 52.3 Å². The predicted octanol–water partition coefficient (Wildman–Crippen LogP) is 4.43. The molecule has 0 bridgehead atoms. The fourth-order valence-corrected chi connectivity index (χ4v) is 4.82. The zero-order chi connectivity index (χ0) is 18.9. The van der Waals surface area contributed by atoms with Crippen molar-refractivity contribution < 1.29 is 13.2 Å². The monoisotopic (exact) mass is 390 g/mol. The van der Waals surface area contributed by atoms with Crippen molar-refractivity contribution in [1.29, 1.82) is 0 Å². The van der Waals surface area contributed by atoms with E-state index in [2.05, 4.69) is 23.9 Å². The average molecular weight is 391 g/mol. The first-order chi connectivity index (χ1) is 12.3. The van der Waals surface area contributed by atoms with Gasteiger partial charge >= 0.3 is 0 Å². The molecule has 2 N–H and O–H groups in total. The van der Waals surface area contributed by atoms with Crippen LogP contribution in [0.2, 0.25) is 0 Å². The lowest BCUT2D eigenvalue weighted by molar-refractivity contribution is -0.115. The smallest absolute Gasteiger partial charge is 0.261 e. The Kier molecular flexibility index (Phi) is 5.29. The van der Waals surface area contributed by atoms with Gasteiger partial charge in [-0.1, -0.05) is 32.9 Å². The van der Waals surface area contributed by atoms with Crippen molar-refractivity contribution in [2.24, 2.45) is 0 Å². The molecule has 1 atom stereocenters. The Morgan fingerprint density at radius 3 is 2.46 bits per heavy atom. The minimum atomic E-state index is -3.73. The van der Waals surface area contributed by atoms with E-state index in [1.807, 2.05) is 19.1 Å². The van der Waals surface area contributed by atoms with E-state index in [9.17, 15) is 13.2 Å². The van der Waals surface area contributed by atoms with Crippen molar-refractivity contribution in [2.75, 3.05) is 10.0 Å². The molecule has 26 heavy (non-hydrogen) atoms. The molecule has 0 radical (unpaired) electrons. The second kappa shape index (κ2) is 7.32. The van der Waals surface area contributed by atoms with Crippen molar-refractivity contribution >= 4 is 39.1 Å². The van der Waals surface area contributed by atoms with Crippen LogP contribution in [-0.2, 0) is 14.8 Å². The van der Waals surface area contributed by atoms with Gasteiger partial charge in [-0.2, -0.15) is 0 Å². The van der Waals surface area contributed by atoms with Crippen LogP contribution in [0.1, 0.15) is 38.7 Å². The number of thioether (sulfide) groups is 1. The molecule has 3 rings (SSSR count). The van der Waals surface area contributed by atoms with Gasteiger partial charge in [-0.15, -0.1) is 11.8 Å². The number of rotatable bonds is 5. The van der Waals surface area contributed by atoms with Crippen LogP contribution in [-0.4, -0.2) is 19.6 Å². The number of sulfonamides is 1. The Bertz CT molecular complexity index is 922. The standard InChI is InChI=1S/C19H22N2O3S2/c1-4-17-19(22)20-16-11-15(9-10-18(16)25-17)26(23,24)21-14-7-5-13(6-8-14)12(2)3/h5-12,17,21H,4H2,1-3H3,(H,20,22)/t17-/m0/s1. The Balaban J connectivity index is 1.84. The lowest BCUT2D eigenvalue weighted by Gasteiger charge is -2.23. The van der Waals surface area contributed by atoms with Gasteiger partial charge in [0.15, 0.2) is 0 Å². The summed E-state index contributed by atoms with van der Waals surface area (Å²) in [6, 6.07) is 12.2. The summed E-state index contributed by atoms with van der Waals surface area (Å²) in [5.41, 5.74) is 2.20. The molecule has 1 aliphatic heterocycles. The van der Waals surface area contributed by atoms with Crippen LogP contribution in [0.3, 0.4) is 0 Å². The fourth-order valence-electron chi connectivity index (χ4n) is 2.72. The molecule has 2 aromatic carbocycles. The van der Waals surface area contributed by atoms with Crippen LogP contribution in [0, 0.1) is 0 Å². The first kappa shape index (κ1) is 18.8. The van der Waals surface area contributed by atoms with Crippen molar-refractivity contribution in [3.63, 3.8) is 0 Å². The molecule has 0 saturated heterocycles. The molecule has 0 unspecified atom stereocenters. The number of hydrogen-bond acceptors (Lipinski definition) is 4. The molecule has 5 nitrogen and oxygen atoms in total. The maximum atomic E-state index is 12.7. The second-order valence-electron chi connectivity index (χ2n) is 6.54. The number of carbonyl (C=O) groups is 1. The lowest BCUT2D eigenvalue weighted by atomic mass is 10.0. The summed E-state index contributed by atoms with van der Waals surface area (Å²) in [7, 11) is -3.73. The van der Waals surface area contributed by atoms with Gasteiger partial charge in [-0.3, -0.25) is 9.52 Å². The molecular formula is C19H22N2O3S2. The molecule has 2 aromatic rings. The normalized spacial score (nSPS) is 16.9. The molecule has 0 spiro atoms. The lowest BCUT2D eigenvalue weighted by Crippen LogP contribution is -2.28. The summed E-state index contributed by atoms with van der Waals surface area (Å²) < 4.78 is 27.9. The molecule has 138 valence electrons. The molecule has 0 fully saturated rings. The highest BCUT2D eigenvalue weighted by molar-refractivity contribution is 8.01. The number of carbonyl (C=O) groups excluding carboxylic acids is 1. The minimum Gasteiger partial charge on any atom is -0.324 e. The minimum absolute atomic E-state index is 0.0863.